The van der Waals surface area contributed by atoms with Crippen LogP contribution in [0.2, 0.25) is 0 Å². The van der Waals surface area contributed by atoms with Crippen LogP contribution in [0.25, 0.3) is 0 Å². The Morgan fingerprint density at radius 2 is 1.71 bits per heavy atom. The Balaban J connectivity index is 3.75. The zero-order valence-electron chi connectivity index (χ0n) is 10.2. The third kappa shape index (κ3) is 7.07. The maximum atomic E-state index is 11.5. The van der Waals surface area contributed by atoms with Crippen molar-refractivity contribution in [1.82, 2.24) is 0 Å². The van der Waals surface area contributed by atoms with Gasteiger partial charge in [-0.15, -0.1) is 0 Å². The maximum Gasteiger partial charge on any atom is 0.158 e. The van der Waals surface area contributed by atoms with Crippen molar-refractivity contribution in [3.05, 3.63) is 0 Å². The average Bonchev–Trinajstić information content (AvgIpc) is 2.09. The van der Waals surface area contributed by atoms with Crippen LogP contribution >= 0.6 is 0 Å². The van der Waals surface area contributed by atoms with E-state index < -0.39 is 0 Å². The summed E-state index contributed by atoms with van der Waals surface area (Å²) in [5.41, 5.74) is -0.205. The molecule has 0 atom stereocenters. The molecule has 0 rings (SSSR count). The Morgan fingerprint density at radius 3 is 2.07 bits per heavy atom. The van der Waals surface area contributed by atoms with Gasteiger partial charge in [0.05, 0.1) is 5.60 Å². The van der Waals surface area contributed by atoms with Crippen LogP contribution in [0.15, 0.2) is 0 Å². The van der Waals surface area contributed by atoms with E-state index in [2.05, 4.69) is 13.8 Å². The first-order valence-corrected chi connectivity index (χ1v) is 5.54. The summed E-state index contributed by atoms with van der Waals surface area (Å²) in [4.78, 5) is 11.5. The Kier molecular flexibility index (Phi) is 6.01. The number of rotatable bonds is 6. The summed E-state index contributed by atoms with van der Waals surface area (Å²) in [7, 11) is 0. The lowest BCUT2D eigenvalue weighted by Gasteiger charge is -2.19. The summed E-state index contributed by atoms with van der Waals surface area (Å²) in [6, 6.07) is 0. The molecule has 0 amide bonds. The molecule has 0 aliphatic heterocycles. The summed E-state index contributed by atoms with van der Waals surface area (Å²) in [5.74, 6) is 0.764. The van der Waals surface area contributed by atoms with E-state index >= 15 is 0 Å². The fraction of sp³-hybridized carbons (Fsp3) is 0.917. The number of carbonyl (C=O) groups is 1. The molecule has 0 aromatic carbocycles. The largest absolute Gasteiger partial charge is 0.368 e. The van der Waals surface area contributed by atoms with Gasteiger partial charge in [0, 0.05) is 6.42 Å². The molecule has 2 heteroatoms. The third-order valence-electron chi connectivity index (χ3n) is 2.34. The summed E-state index contributed by atoms with van der Waals surface area (Å²) >= 11 is 0. The van der Waals surface area contributed by atoms with Crippen molar-refractivity contribution in [3.63, 3.8) is 0 Å². The molecule has 0 aromatic rings. The van der Waals surface area contributed by atoms with Gasteiger partial charge >= 0.3 is 0 Å². The van der Waals surface area contributed by atoms with Crippen molar-refractivity contribution >= 4 is 5.78 Å². The molecular formula is C12H24O2. The van der Waals surface area contributed by atoms with Crippen molar-refractivity contribution in [2.24, 2.45) is 5.92 Å². The zero-order chi connectivity index (χ0) is 11.2. The van der Waals surface area contributed by atoms with Gasteiger partial charge in [0.25, 0.3) is 0 Å². The second-order valence-corrected chi connectivity index (χ2v) is 4.83. The highest BCUT2D eigenvalue weighted by molar-refractivity contribution is 5.79. The number of hydrogen-bond donors (Lipinski definition) is 0. The van der Waals surface area contributed by atoms with E-state index in [-0.39, 0.29) is 18.0 Å². The molecule has 0 spiro atoms. The third-order valence-corrected chi connectivity index (χ3v) is 2.34. The molecule has 0 unspecified atom stereocenters. The Bertz CT molecular complexity index is 164. The predicted molar refractivity (Wildman–Crippen MR) is 59.4 cm³/mol. The van der Waals surface area contributed by atoms with Crippen LogP contribution in [0.4, 0.5) is 0 Å². The summed E-state index contributed by atoms with van der Waals surface area (Å²) in [6.45, 7) is 10.4. The molecule has 0 radical (unpaired) electrons. The number of hydrogen-bond acceptors (Lipinski definition) is 2. The van der Waals surface area contributed by atoms with Gasteiger partial charge in [0.1, 0.15) is 6.61 Å². The van der Waals surface area contributed by atoms with Gasteiger partial charge in [-0.25, -0.2) is 0 Å². The van der Waals surface area contributed by atoms with Crippen molar-refractivity contribution in [3.8, 4) is 0 Å². The van der Waals surface area contributed by atoms with Crippen molar-refractivity contribution in [1.29, 1.82) is 0 Å². The quantitative estimate of drug-likeness (QED) is 0.658. The molecule has 84 valence electrons. The van der Waals surface area contributed by atoms with Crippen LogP contribution in [-0.4, -0.2) is 18.0 Å². The molecule has 0 saturated heterocycles. The molecule has 2 nitrogen and oxygen atoms in total. The Hall–Kier alpha value is -0.370. The molecule has 0 saturated carbocycles. The average molecular weight is 200 g/mol. The van der Waals surface area contributed by atoms with Crippen LogP contribution in [0.5, 0.6) is 0 Å². The van der Waals surface area contributed by atoms with E-state index in [4.69, 9.17) is 4.74 Å². The minimum atomic E-state index is -0.205. The first-order valence-electron chi connectivity index (χ1n) is 5.54. The van der Waals surface area contributed by atoms with Gasteiger partial charge in [-0.05, 0) is 26.7 Å². The lowest BCUT2D eigenvalue weighted by Crippen LogP contribution is -2.24. The van der Waals surface area contributed by atoms with E-state index in [1.165, 1.54) is 0 Å². The van der Waals surface area contributed by atoms with Gasteiger partial charge < -0.3 is 4.74 Å². The minimum absolute atomic E-state index is 0.205. The van der Waals surface area contributed by atoms with Crippen LogP contribution in [0.3, 0.4) is 0 Å². The van der Waals surface area contributed by atoms with Gasteiger partial charge in [0.15, 0.2) is 5.78 Å². The lowest BCUT2D eigenvalue weighted by molar-refractivity contribution is -0.129. The van der Waals surface area contributed by atoms with Gasteiger partial charge in [-0.2, -0.15) is 0 Å². The van der Waals surface area contributed by atoms with Crippen molar-refractivity contribution in [2.75, 3.05) is 6.61 Å². The highest BCUT2D eigenvalue weighted by atomic mass is 16.5. The van der Waals surface area contributed by atoms with E-state index in [1.807, 2.05) is 20.8 Å². The molecular weight excluding hydrogens is 176 g/mol. The topological polar surface area (TPSA) is 26.3 Å². The molecule has 0 heterocycles. The van der Waals surface area contributed by atoms with E-state index in [9.17, 15) is 4.79 Å². The summed E-state index contributed by atoms with van der Waals surface area (Å²) in [6.07, 6.45) is 2.83. The fourth-order valence-corrected chi connectivity index (χ4v) is 1.26. The monoisotopic (exact) mass is 200 g/mol. The standard InChI is InChI=1S/C12H24O2/c1-6-10(7-2)8-11(13)9-14-12(3,4)5/h10H,6-9H2,1-5H3. The normalized spacial score (nSPS) is 12.1. The maximum absolute atomic E-state index is 11.5. The molecule has 0 aromatic heterocycles. The highest BCUT2D eigenvalue weighted by Crippen LogP contribution is 2.14. The summed E-state index contributed by atoms with van der Waals surface area (Å²) < 4.78 is 5.43. The number of ether oxygens (including phenoxy) is 1. The van der Waals surface area contributed by atoms with Gasteiger partial charge in [-0.3, -0.25) is 4.79 Å². The van der Waals surface area contributed by atoms with E-state index in [0.717, 1.165) is 12.8 Å². The van der Waals surface area contributed by atoms with Gasteiger partial charge in [0.2, 0.25) is 0 Å². The summed E-state index contributed by atoms with van der Waals surface area (Å²) in [5, 5.41) is 0. The molecule has 0 fully saturated rings. The number of Topliss-reactive ketones (excluding diaryl/α,β-unsaturated/α-hetero) is 1. The molecule has 0 aliphatic rings. The molecule has 14 heavy (non-hydrogen) atoms. The molecule has 0 bridgehead atoms. The zero-order valence-corrected chi connectivity index (χ0v) is 10.2. The Labute approximate surface area is 88.0 Å². The smallest absolute Gasteiger partial charge is 0.158 e. The minimum Gasteiger partial charge on any atom is -0.368 e. The number of carbonyl (C=O) groups excluding carboxylic acids is 1. The second-order valence-electron chi connectivity index (χ2n) is 4.83. The number of ketones is 1. The first kappa shape index (κ1) is 13.6. The van der Waals surface area contributed by atoms with E-state index in [1.54, 1.807) is 0 Å². The molecule has 0 aliphatic carbocycles. The highest BCUT2D eigenvalue weighted by Gasteiger charge is 2.15. The second kappa shape index (κ2) is 6.18. The Morgan fingerprint density at radius 1 is 1.21 bits per heavy atom. The van der Waals surface area contributed by atoms with E-state index in [0.29, 0.717) is 12.3 Å². The van der Waals surface area contributed by atoms with Crippen LogP contribution in [-0.2, 0) is 9.53 Å². The molecule has 0 N–H and O–H groups in total. The van der Waals surface area contributed by atoms with Crippen molar-refractivity contribution in [2.45, 2.75) is 59.5 Å². The predicted octanol–water partition coefficient (Wildman–Crippen LogP) is 3.20. The first-order chi connectivity index (χ1) is 6.39. The van der Waals surface area contributed by atoms with Gasteiger partial charge in [-0.1, -0.05) is 26.7 Å². The van der Waals surface area contributed by atoms with Crippen LogP contribution < -0.4 is 0 Å². The van der Waals surface area contributed by atoms with Crippen molar-refractivity contribution < 1.29 is 9.53 Å². The fourth-order valence-electron chi connectivity index (χ4n) is 1.26. The SMILES string of the molecule is CCC(CC)CC(=O)COC(C)(C)C. The lowest BCUT2D eigenvalue weighted by atomic mass is 9.97. The van der Waals surface area contributed by atoms with Crippen LogP contribution in [0.1, 0.15) is 53.9 Å². The van der Waals surface area contributed by atoms with Crippen LogP contribution in [0, 0.1) is 5.92 Å².